The van der Waals surface area contributed by atoms with Crippen LogP contribution in [0.3, 0.4) is 0 Å². The van der Waals surface area contributed by atoms with E-state index in [0.717, 1.165) is 6.54 Å². The van der Waals surface area contributed by atoms with E-state index in [4.69, 9.17) is 4.74 Å². The summed E-state index contributed by atoms with van der Waals surface area (Å²) in [6.07, 6.45) is 2.90. The lowest BCUT2D eigenvalue weighted by molar-refractivity contribution is 0.0494. The van der Waals surface area contributed by atoms with Gasteiger partial charge in [-0.25, -0.2) is 4.79 Å². The van der Waals surface area contributed by atoms with Crippen LogP contribution in [-0.4, -0.2) is 51.4 Å². The first-order valence-corrected chi connectivity index (χ1v) is 8.01. The van der Waals surface area contributed by atoms with Gasteiger partial charge in [0, 0.05) is 25.8 Å². The third-order valence-electron chi connectivity index (χ3n) is 3.81. The second-order valence-electron chi connectivity index (χ2n) is 7.02. The maximum atomic E-state index is 12.5. The molecule has 1 aliphatic rings. The van der Waals surface area contributed by atoms with E-state index >= 15 is 0 Å². The second-order valence-corrected chi connectivity index (χ2v) is 7.02. The van der Waals surface area contributed by atoms with Gasteiger partial charge >= 0.3 is 6.09 Å². The van der Waals surface area contributed by atoms with E-state index in [-0.39, 0.29) is 17.9 Å². The van der Waals surface area contributed by atoms with Gasteiger partial charge in [0.1, 0.15) is 5.60 Å². The van der Waals surface area contributed by atoms with Gasteiger partial charge in [-0.2, -0.15) is 5.10 Å². The van der Waals surface area contributed by atoms with Crippen molar-refractivity contribution in [2.24, 2.45) is 5.92 Å². The predicted molar refractivity (Wildman–Crippen MR) is 86.1 cm³/mol. The highest BCUT2D eigenvalue weighted by Gasteiger charge is 2.35. The number of amides is 2. The number of hydrogen-bond acceptors (Lipinski definition) is 4. The number of nitrogens with zero attached hydrogens (tertiary/aromatic N) is 3. The first-order valence-electron chi connectivity index (χ1n) is 8.01. The van der Waals surface area contributed by atoms with Crippen molar-refractivity contribution < 1.29 is 14.3 Å². The molecular formula is C16H26N4O3. The highest BCUT2D eigenvalue weighted by atomic mass is 16.6. The van der Waals surface area contributed by atoms with E-state index in [1.807, 2.05) is 34.6 Å². The molecule has 1 saturated heterocycles. The van der Waals surface area contributed by atoms with E-state index in [1.54, 1.807) is 22.0 Å². The molecule has 0 aromatic carbocycles. The lowest BCUT2D eigenvalue weighted by Gasteiger charge is -2.23. The molecule has 2 amide bonds. The summed E-state index contributed by atoms with van der Waals surface area (Å²) in [6.45, 7) is 11.3. The Morgan fingerprint density at radius 2 is 2.09 bits per heavy atom. The third-order valence-corrected chi connectivity index (χ3v) is 3.81. The number of nitrogens with one attached hydrogen (secondary N) is 1. The molecule has 1 aliphatic heterocycles. The Morgan fingerprint density at radius 3 is 2.65 bits per heavy atom. The monoisotopic (exact) mass is 322 g/mol. The Morgan fingerprint density at radius 1 is 1.39 bits per heavy atom. The third kappa shape index (κ3) is 4.46. The van der Waals surface area contributed by atoms with Crippen LogP contribution in [0.25, 0.3) is 0 Å². The van der Waals surface area contributed by atoms with Crippen LogP contribution in [0.5, 0.6) is 0 Å². The Bertz CT molecular complexity index is 576. The lowest BCUT2D eigenvalue weighted by Crippen LogP contribution is -2.43. The van der Waals surface area contributed by atoms with E-state index in [0.29, 0.717) is 18.7 Å². The number of carbonyl (C=O) groups is 2. The zero-order valence-corrected chi connectivity index (χ0v) is 14.5. The van der Waals surface area contributed by atoms with Crippen LogP contribution >= 0.6 is 0 Å². The zero-order valence-electron chi connectivity index (χ0n) is 14.5. The van der Waals surface area contributed by atoms with Crippen molar-refractivity contribution in [2.45, 2.75) is 52.8 Å². The molecule has 2 rings (SSSR count). The highest BCUT2D eigenvalue weighted by Crippen LogP contribution is 2.19. The quantitative estimate of drug-likeness (QED) is 0.922. The molecule has 7 nitrogen and oxygen atoms in total. The van der Waals surface area contributed by atoms with Crippen LogP contribution in [0.2, 0.25) is 0 Å². The number of alkyl carbamates (subject to hydrolysis) is 1. The molecule has 0 spiro atoms. The maximum absolute atomic E-state index is 12.5. The van der Waals surface area contributed by atoms with Crippen molar-refractivity contribution >= 4 is 12.0 Å². The van der Waals surface area contributed by atoms with Gasteiger partial charge in [0.2, 0.25) is 0 Å². The number of rotatable bonds is 3. The Balaban J connectivity index is 1.95. The SMILES string of the molecule is CCn1cc(C(=O)N2CC(C)C(NC(=O)OC(C)(C)C)C2)cn1. The molecule has 1 N–H and O–H groups in total. The van der Waals surface area contributed by atoms with Gasteiger partial charge < -0.3 is 15.0 Å². The molecule has 128 valence electrons. The van der Waals surface area contributed by atoms with Crippen molar-refractivity contribution in [3.05, 3.63) is 18.0 Å². The van der Waals surface area contributed by atoms with E-state index in [9.17, 15) is 9.59 Å². The van der Waals surface area contributed by atoms with Crippen LogP contribution < -0.4 is 5.32 Å². The highest BCUT2D eigenvalue weighted by molar-refractivity contribution is 5.94. The molecule has 1 aromatic rings. The van der Waals surface area contributed by atoms with Gasteiger partial charge in [0.15, 0.2) is 0 Å². The summed E-state index contributed by atoms with van der Waals surface area (Å²) < 4.78 is 7.00. The Labute approximate surface area is 137 Å². The standard InChI is InChI=1S/C16H26N4O3/c1-6-20-9-12(7-17-20)14(21)19-8-11(2)13(10-19)18-15(22)23-16(3,4)5/h7,9,11,13H,6,8,10H2,1-5H3,(H,18,22). The minimum absolute atomic E-state index is 0.0509. The molecule has 7 heteroatoms. The van der Waals surface area contributed by atoms with Crippen molar-refractivity contribution in [1.29, 1.82) is 0 Å². The predicted octanol–water partition coefficient (Wildman–Crippen LogP) is 1.89. The van der Waals surface area contributed by atoms with Gasteiger partial charge in [-0.15, -0.1) is 0 Å². The largest absolute Gasteiger partial charge is 0.444 e. The number of carbonyl (C=O) groups excluding carboxylic acids is 2. The van der Waals surface area contributed by atoms with Gasteiger partial charge in [0.25, 0.3) is 5.91 Å². The van der Waals surface area contributed by atoms with Gasteiger partial charge in [-0.05, 0) is 33.6 Å². The Kier molecular flexibility index (Phi) is 4.97. The smallest absolute Gasteiger partial charge is 0.407 e. The first-order chi connectivity index (χ1) is 10.7. The maximum Gasteiger partial charge on any atom is 0.407 e. The van der Waals surface area contributed by atoms with Crippen molar-refractivity contribution in [3.63, 3.8) is 0 Å². The lowest BCUT2D eigenvalue weighted by atomic mass is 10.1. The van der Waals surface area contributed by atoms with Crippen LogP contribution in [0.15, 0.2) is 12.4 Å². The zero-order chi connectivity index (χ0) is 17.2. The molecular weight excluding hydrogens is 296 g/mol. The van der Waals surface area contributed by atoms with Gasteiger partial charge in [0.05, 0.1) is 17.8 Å². The van der Waals surface area contributed by atoms with Crippen molar-refractivity contribution in [3.8, 4) is 0 Å². The number of ether oxygens (including phenoxy) is 1. The summed E-state index contributed by atoms with van der Waals surface area (Å²) in [6, 6.07) is -0.102. The fourth-order valence-corrected chi connectivity index (χ4v) is 2.61. The van der Waals surface area contributed by atoms with Crippen LogP contribution in [-0.2, 0) is 11.3 Å². The summed E-state index contributed by atoms with van der Waals surface area (Å²) in [4.78, 5) is 26.2. The number of hydrogen-bond donors (Lipinski definition) is 1. The second kappa shape index (κ2) is 6.60. The molecule has 0 radical (unpaired) electrons. The first kappa shape index (κ1) is 17.3. The summed E-state index contributed by atoms with van der Waals surface area (Å²) in [5, 5.41) is 7.00. The van der Waals surface area contributed by atoms with Crippen molar-refractivity contribution in [1.82, 2.24) is 20.0 Å². The van der Waals surface area contributed by atoms with E-state index in [2.05, 4.69) is 10.4 Å². The fourth-order valence-electron chi connectivity index (χ4n) is 2.61. The molecule has 2 heterocycles. The van der Waals surface area contributed by atoms with Crippen LogP contribution in [0.4, 0.5) is 4.79 Å². The fraction of sp³-hybridized carbons (Fsp3) is 0.688. The summed E-state index contributed by atoms with van der Waals surface area (Å²) in [5.41, 5.74) is 0.0489. The molecule has 2 atom stereocenters. The average Bonchev–Trinajstić information content (AvgIpc) is 3.03. The minimum atomic E-state index is -0.532. The number of aromatic nitrogens is 2. The molecule has 0 saturated carbocycles. The summed E-state index contributed by atoms with van der Waals surface area (Å²) in [5.74, 6) is 0.123. The topological polar surface area (TPSA) is 76.5 Å². The molecule has 0 aliphatic carbocycles. The summed E-state index contributed by atoms with van der Waals surface area (Å²) >= 11 is 0. The molecule has 23 heavy (non-hydrogen) atoms. The van der Waals surface area contributed by atoms with Crippen molar-refractivity contribution in [2.75, 3.05) is 13.1 Å². The molecule has 0 bridgehead atoms. The Hall–Kier alpha value is -2.05. The van der Waals surface area contributed by atoms with E-state index < -0.39 is 11.7 Å². The van der Waals surface area contributed by atoms with E-state index in [1.165, 1.54) is 0 Å². The summed E-state index contributed by atoms with van der Waals surface area (Å²) in [7, 11) is 0. The normalized spacial score (nSPS) is 21.3. The average molecular weight is 322 g/mol. The van der Waals surface area contributed by atoms with Gasteiger partial charge in [-0.3, -0.25) is 9.48 Å². The molecule has 1 fully saturated rings. The van der Waals surface area contributed by atoms with Gasteiger partial charge in [-0.1, -0.05) is 6.92 Å². The molecule has 2 unspecified atom stereocenters. The number of likely N-dealkylation sites (tertiary alicyclic amines) is 1. The minimum Gasteiger partial charge on any atom is -0.444 e. The number of aryl methyl sites for hydroxylation is 1. The van der Waals surface area contributed by atoms with Crippen LogP contribution in [0.1, 0.15) is 45.0 Å². The van der Waals surface area contributed by atoms with Crippen LogP contribution in [0, 0.1) is 5.92 Å². The molecule has 1 aromatic heterocycles.